The number of amides is 2. The van der Waals surface area contributed by atoms with Crippen LogP contribution in [0.4, 0.5) is 0 Å². The number of carbonyl (C=O) groups excluding carboxylic acids is 2. The SMILES string of the molecule is CC(C)(C)c1ccc(C(=O)NCCC(=O)NC(C)(CO)C2CC2)cc1. The van der Waals surface area contributed by atoms with E-state index in [-0.39, 0.29) is 36.8 Å². The van der Waals surface area contributed by atoms with Gasteiger partial charge in [-0.15, -0.1) is 0 Å². The number of carbonyl (C=O) groups is 2. The fraction of sp³-hybridized carbons (Fsp3) is 0.600. The van der Waals surface area contributed by atoms with Crippen LogP contribution >= 0.6 is 0 Å². The number of nitrogens with one attached hydrogen (secondary N) is 2. The summed E-state index contributed by atoms with van der Waals surface area (Å²) >= 11 is 0. The summed E-state index contributed by atoms with van der Waals surface area (Å²) < 4.78 is 0. The zero-order chi connectivity index (χ0) is 18.7. The summed E-state index contributed by atoms with van der Waals surface area (Å²) in [4.78, 5) is 24.2. The number of hydrogen-bond acceptors (Lipinski definition) is 3. The van der Waals surface area contributed by atoms with Crippen LogP contribution in [0.1, 0.15) is 62.9 Å². The highest BCUT2D eigenvalue weighted by Gasteiger charge is 2.41. The van der Waals surface area contributed by atoms with Crippen LogP contribution < -0.4 is 10.6 Å². The average Bonchev–Trinajstić information content (AvgIpc) is 3.39. The molecule has 0 saturated heterocycles. The van der Waals surface area contributed by atoms with Crippen molar-refractivity contribution in [1.82, 2.24) is 10.6 Å². The number of hydrogen-bond donors (Lipinski definition) is 3. The fourth-order valence-corrected chi connectivity index (χ4v) is 2.89. The Morgan fingerprint density at radius 2 is 1.72 bits per heavy atom. The topological polar surface area (TPSA) is 78.4 Å². The monoisotopic (exact) mass is 346 g/mol. The Labute approximate surface area is 150 Å². The first-order valence-electron chi connectivity index (χ1n) is 8.96. The van der Waals surface area contributed by atoms with E-state index in [1.165, 1.54) is 5.56 Å². The third-order valence-electron chi connectivity index (χ3n) is 4.88. The number of aliphatic hydroxyl groups is 1. The van der Waals surface area contributed by atoms with E-state index in [9.17, 15) is 14.7 Å². The Bertz CT molecular complexity index is 615. The van der Waals surface area contributed by atoms with Crippen molar-refractivity contribution in [3.8, 4) is 0 Å². The van der Waals surface area contributed by atoms with Crippen LogP contribution in [0.25, 0.3) is 0 Å². The second-order valence-corrected chi connectivity index (χ2v) is 8.23. The van der Waals surface area contributed by atoms with Crippen molar-refractivity contribution in [3.05, 3.63) is 35.4 Å². The van der Waals surface area contributed by atoms with Crippen LogP contribution in [0.15, 0.2) is 24.3 Å². The molecule has 1 saturated carbocycles. The number of aliphatic hydroxyl groups excluding tert-OH is 1. The average molecular weight is 346 g/mol. The van der Waals surface area contributed by atoms with E-state index in [1.54, 1.807) is 0 Å². The molecule has 1 aromatic rings. The van der Waals surface area contributed by atoms with Crippen molar-refractivity contribution in [2.75, 3.05) is 13.2 Å². The van der Waals surface area contributed by atoms with Gasteiger partial charge in [-0.1, -0.05) is 32.9 Å². The Balaban J connectivity index is 1.79. The highest BCUT2D eigenvalue weighted by molar-refractivity contribution is 5.94. The maximum atomic E-state index is 12.2. The summed E-state index contributed by atoms with van der Waals surface area (Å²) in [5.74, 6) is 0.0320. The molecule has 3 N–H and O–H groups in total. The van der Waals surface area contributed by atoms with Gasteiger partial charge in [-0.2, -0.15) is 0 Å². The van der Waals surface area contributed by atoms with Gasteiger partial charge in [-0.3, -0.25) is 9.59 Å². The van der Waals surface area contributed by atoms with Crippen LogP contribution in [0.3, 0.4) is 0 Å². The fourth-order valence-electron chi connectivity index (χ4n) is 2.89. The smallest absolute Gasteiger partial charge is 0.251 e. The van der Waals surface area contributed by atoms with Gasteiger partial charge in [0.05, 0.1) is 12.1 Å². The molecule has 0 bridgehead atoms. The predicted molar refractivity (Wildman–Crippen MR) is 98.4 cm³/mol. The third kappa shape index (κ3) is 5.30. The minimum absolute atomic E-state index is 0.0496. The first kappa shape index (κ1) is 19.4. The normalized spacial score (nSPS) is 16.8. The summed E-state index contributed by atoms with van der Waals surface area (Å²) in [6.07, 6.45) is 2.28. The molecule has 1 fully saturated rings. The summed E-state index contributed by atoms with van der Waals surface area (Å²) in [5.41, 5.74) is 1.27. The molecule has 1 aliphatic carbocycles. The van der Waals surface area contributed by atoms with Crippen LogP contribution in [0.5, 0.6) is 0 Å². The highest BCUT2D eigenvalue weighted by atomic mass is 16.3. The van der Waals surface area contributed by atoms with E-state index in [0.29, 0.717) is 11.5 Å². The van der Waals surface area contributed by atoms with Crippen molar-refractivity contribution in [1.29, 1.82) is 0 Å². The molecule has 1 aliphatic rings. The van der Waals surface area contributed by atoms with Gasteiger partial charge in [0.2, 0.25) is 5.91 Å². The Morgan fingerprint density at radius 3 is 2.20 bits per heavy atom. The lowest BCUT2D eigenvalue weighted by Gasteiger charge is -2.28. The first-order valence-corrected chi connectivity index (χ1v) is 8.96. The molecule has 0 aromatic heterocycles. The van der Waals surface area contributed by atoms with Gasteiger partial charge in [0.25, 0.3) is 5.91 Å². The van der Waals surface area contributed by atoms with E-state index in [0.717, 1.165) is 12.8 Å². The molecule has 0 aliphatic heterocycles. The third-order valence-corrected chi connectivity index (χ3v) is 4.88. The molecule has 1 unspecified atom stereocenters. The van der Waals surface area contributed by atoms with E-state index < -0.39 is 5.54 Å². The molecule has 1 atom stereocenters. The van der Waals surface area contributed by atoms with Crippen molar-refractivity contribution in [2.45, 2.75) is 57.9 Å². The molecular formula is C20H30N2O3. The molecule has 2 rings (SSSR count). The van der Waals surface area contributed by atoms with Crippen LogP contribution in [-0.4, -0.2) is 35.6 Å². The zero-order valence-electron chi connectivity index (χ0n) is 15.7. The number of rotatable bonds is 7. The van der Waals surface area contributed by atoms with Crippen LogP contribution in [0, 0.1) is 5.92 Å². The second-order valence-electron chi connectivity index (χ2n) is 8.23. The molecule has 25 heavy (non-hydrogen) atoms. The minimum atomic E-state index is -0.538. The quantitative estimate of drug-likeness (QED) is 0.709. The minimum Gasteiger partial charge on any atom is -0.394 e. The predicted octanol–water partition coefficient (Wildman–Crippen LogP) is 2.38. The van der Waals surface area contributed by atoms with Crippen molar-refractivity contribution in [3.63, 3.8) is 0 Å². The van der Waals surface area contributed by atoms with Gasteiger partial charge in [0.1, 0.15) is 0 Å². The van der Waals surface area contributed by atoms with Crippen LogP contribution in [0.2, 0.25) is 0 Å². The summed E-state index contributed by atoms with van der Waals surface area (Å²) in [6.45, 7) is 8.47. The highest BCUT2D eigenvalue weighted by Crippen LogP contribution is 2.39. The largest absolute Gasteiger partial charge is 0.394 e. The zero-order valence-corrected chi connectivity index (χ0v) is 15.7. The molecule has 2 amide bonds. The van der Waals surface area contributed by atoms with Crippen LogP contribution in [-0.2, 0) is 10.2 Å². The van der Waals surface area contributed by atoms with E-state index in [1.807, 2.05) is 31.2 Å². The molecule has 1 aromatic carbocycles. The molecule has 0 heterocycles. The first-order chi connectivity index (χ1) is 11.7. The molecule has 0 radical (unpaired) electrons. The lowest BCUT2D eigenvalue weighted by Crippen LogP contribution is -2.51. The van der Waals surface area contributed by atoms with Gasteiger partial charge in [-0.25, -0.2) is 0 Å². The van der Waals surface area contributed by atoms with Crippen molar-refractivity contribution in [2.24, 2.45) is 5.92 Å². The summed E-state index contributed by atoms with van der Waals surface area (Å²) in [7, 11) is 0. The summed E-state index contributed by atoms with van der Waals surface area (Å²) in [6, 6.07) is 7.55. The summed E-state index contributed by atoms with van der Waals surface area (Å²) in [5, 5.41) is 15.2. The molecule has 5 heteroatoms. The van der Waals surface area contributed by atoms with Gasteiger partial charge in [0.15, 0.2) is 0 Å². The van der Waals surface area contributed by atoms with E-state index in [2.05, 4.69) is 31.4 Å². The van der Waals surface area contributed by atoms with Crippen molar-refractivity contribution < 1.29 is 14.7 Å². The standard InChI is InChI=1S/C20H30N2O3/c1-19(2,3)15-7-5-14(6-8-15)18(25)21-12-11-17(24)22-20(4,13-23)16-9-10-16/h5-8,16,23H,9-13H2,1-4H3,(H,21,25)(H,22,24). The van der Waals surface area contributed by atoms with Gasteiger partial charge in [-0.05, 0) is 48.8 Å². The maximum absolute atomic E-state index is 12.2. The Hall–Kier alpha value is -1.88. The maximum Gasteiger partial charge on any atom is 0.251 e. The van der Waals surface area contributed by atoms with Gasteiger partial charge < -0.3 is 15.7 Å². The number of benzene rings is 1. The lowest BCUT2D eigenvalue weighted by molar-refractivity contribution is -0.123. The second kappa shape index (κ2) is 7.56. The Kier molecular flexibility index (Phi) is 5.88. The molecular weight excluding hydrogens is 316 g/mol. The molecule has 0 spiro atoms. The molecule has 138 valence electrons. The van der Waals surface area contributed by atoms with E-state index >= 15 is 0 Å². The Morgan fingerprint density at radius 1 is 1.12 bits per heavy atom. The van der Waals surface area contributed by atoms with Gasteiger partial charge >= 0.3 is 0 Å². The van der Waals surface area contributed by atoms with Crippen molar-refractivity contribution >= 4 is 11.8 Å². The molecule has 5 nitrogen and oxygen atoms in total. The van der Waals surface area contributed by atoms with Gasteiger partial charge in [0, 0.05) is 18.5 Å². The lowest BCUT2D eigenvalue weighted by atomic mass is 9.87. The van der Waals surface area contributed by atoms with E-state index in [4.69, 9.17) is 0 Å².